The predicted octanol–water partition coefficient (Wildman–Crippen LogP) is 3.46. The van der Waals surface area contributed by atoms with E-state index in [1.807, 2.05) is 0 Å². The number of nitrogens with one attached hydrogen (secondary N) is 1. The van der Waals surface area contributed by atoms with Crippen molar-refractivity contribution in [2.45, 2.75) is 65.4 Å². The van der Waals surface area contributed by atoms with Gasteiger partial charge in [0, 0.05) is 17.4 Å². The fourth-order valence-electron chi connectivity index (χ4n) is 6.16. The second-order valence-electron chi connectivity index (χ2n) is 9.10. The second kappa shape index (κ2) is 5.89. The van der Waals surface area contributed by atoms with Crippen LogP contribution in [-0.4, -0.2) is 24.0 Å². The van der Waals surface area contributed by atoms with E-state index in [1.165, 1.54) is 32.1 Å². The number of carbonyl (C=O) groups is 2. The summed E-state index contributed by atoms with van der Waals surface area (Å²) in [4.78, 5) is 24.1. The number of rotatable bonds is 5. The number of esters is 1. The molecule has 1 amide bonds. The number of hydrogen-bond donors (Lipinski definition) is 1. The maximum absolute atomic E-state index is 12.5. The molecule has 4 nitrogen and oxygen atoms in total. The summed E-state index contributed by atoms with van der Waals surface area (Å²) in [7, 11) is 0. The molecule has 0 aromatic carbocycles. The van der Waals surface area contributed by atoms with E-state index in [1.54, 1.807) is 6.92 Å². The lowest BCUT2D eigenvalue weighted by atomic mass is 9.43. The third kappa shape index (κ3) is 2.78. The molecule has 0 aliphatic heterocycles. The zero-order valence-electron chi connectivity index (χ0n) is 15.5. The van der Waals surface area contributed by atoms with Crippen LogP contribution in [0.25, 0.3) is 0 Å². The van der Waals surface area contributed by atoms with Crippen molar-refractivity contribution in [3.63, 3.8) is 0 Å². The lowest BCUT2D eigenvalue weighted by Gasteiger charge is -2.65. The first-order valence-electron chi connectivity index (χ1n) is 9.32. The Balaban J connectivity index is 1.74. The van der Waals surface area contributed by atoms with Crippen molar-refractivity contribution < 1.29 is 14.3 Å². The number of carbonyl (C=O) groups excluding carboxylic acids is 2. The number of hydrogen-bond acceptors (Lipinski definition) is 3. The molecule has 0 radical (unpaired) electrons. The van der Waals surface area contributed by atoms with Gasteiger partial charge in [-0.05, 0) is 56.3 Å². The molecule has 4 fully saturated rings. The molecule has 1 N–H and O–H groups in total. The van der Waals surface area contributed by atoms with E-state index in [9.17, 15) is 9.59 Å². The van der Waals surface area contributed by atoms with Crippen molar-refractivity contribution in [2.75, 3.05) is 6.54 Å². The van der Waals surface area contributed by atoms with Crippen LogP contribution in [0.3, 0.4) is 0 Å². The molecule has 24 heavy (non-hydrogen) atoms. The standard InChI is InChI=1S/C20H31NO3/c1-12(2)18(23)21-11-17(22)24-20(13(3)4)15-6-14-7-16(20)10-19(5,8-14)9-15/h13-16H,1,6-11H2,2-5H3,(H,21,23). The average molecular weight is 333 g/mol. The highest BCUT2D eigenvalue weighted by atomic mass is 16.6. The number of amides is 1. The first-order chi connectivity index (χ1) is 11.2. The molecule has 2 unspecified atom stereocenters. The van der Waals surface area contributed by atoms with Crippen molar-refractivity contribution in [3.8, 4) is 0 Å². The largest absolute Gasteiger partial charge is 0.457 e. The topological polar surface area (TPSA) is 55.4 Å². The predicted molar refractivity (Wildman–Crippen MR) is 93.1 cm³/mol. The minimum atomic E-state index is -0.346. The first-order valence-corrected chi connectivity index (χ1v) is 9.32. The van der Waals surface area contributed by atoms with Gasteiger partial charge in [0.05, 0.1) is 0 Å². The van der Waals surface area contributed by atoms with E-state index in [4.69, 9.17) is 4.74 Å². The van der Waals surface area contributed by atoms with E-state index < -0.39 is 0 Å². The van der Waals surface area contributed by atoms with Crippen LogP contribution in [0.5, 0.6) is 0 Å². The Morgan fingerprint density at radius 1 is 1.21 bits per heavy atom. The maximum atomic E-state index is 12.5. The Hall–Kier alpha value is -1.32. The van der Waals surface area contributed by atoms with Gasteiger partial charge in [-0.3, -0.25) is 9.59 Å². The van der Waals surface area contributed by atoms with E-state index in [-0.39, 0.29) is 24.0 Å². The lowest BCUT2D eigenvalue weighted by molar-refractivity contribution is -0.237. The summed E-state index contributed by atoms with van der Waals surface area (Å²) in [6.45, 7) is 11.9. The van der Waals surface area contributed by atoms with Crippen molar-refractivity contribution >= 4 is 11.9 Å². The summed E-state index contributed by atoms with van der Waals surface area (Å²) in [5, 5.41) is 2.61. The van der Waals surface area contributed by atoms with Crippen LogP contribution in [-0.2, 0) is 14.3 Å². The summed E-state index contributed by atoms with van der Waals surface area (Å²) in [6.07, 6.45) is 6.06. The molecular weight excluding hydrogens is 302 g/mol. The molecule has 0 spiro atoms. The fraction of sp³-hybridized carbons (Fsp3) is 0.800. The zero-order chi connectivity index (χ0) is 17.7. The average Bonchev–Trinajstić information content (AvgIpc) is 2.46. The highest BCUT2D eigenvalue weighted by Gasteiger charge is 2.63. The normalized spacial score (nSPS) is 39.8. The third-order valence-electron chi connectivity index (χ3n) is 6.75. The second-order valence-corrected chi connectivity index (χ2v) is 9.10. The van der Waals surface area contributed by atoms with Crippen molar-refractivity contribution in [1.82, 2.24) is 5.32 Å². The van der Waals surface area contributed by atoms with Gasteiger partial charge in [0.25, 0.3) is 0 Å². The smallest absolute Gasteiger partial charge is 0.325 e. The molecule has 4 rings (SSSR count). The summed E-state index contributed by atoms with van der Waals surface area (Å²) in [6, 6.07) is 0. The van der Waals surface area contributed by atoms with Gasteiger partial charge in [-0.1, -0.05) is 27.4 Å². The molecule has 134 valence electrons. The Morgan fingerprint density at radius 2 is 1.79 bits per heavy atom. The zero-order valence-corrected chi connectivity index (χ0v) is 15.5. The Morgan fingerprint density at radius 3 is 2.25 bits per heavy atom. The molecule has 0 aromatic heterocycles. The number of ether oxygens (including phenoxy) is 1. The van der Waals surface area contributed by atoms with Crippen LogP contribution < -0.4 is 5.32 Å². The molecule has 0 aromatic rings. The van der Waals surface area contributed by atoms with E-state index in [0.717, 1.165) is 5.92 Å². The Kier molecular flexibility index (Phi) is 4.29. The summed E-state index contributed by atoms with van der Waals surface area (Å²) in [5.41, 5.74) is 0.501. The molecule has 4 aliphatic rings. The van der Waals surface area contributed by atoms with Crippen LogP contribution in [0.15, 0.2) is 12.2 Å². The summed E-state index contributed by atoms with van der Waals surface area (Å²) in [5.74, 6) is 1.45. The summed E-state index contributed by atoms with van der Waals surface area (Å²) < 4.78 is 6.17. The molecule has 4 aliphatic carbocycles. The quantitative estimate of drug-likeness (QED) is 0.619. The van der Waals surface area contributed by atoms with Gasteiger partial charge in [-0.15, -0.1) is 0 Å². The van der Waals surface area contributed by atoms with E-state index in [2.05, 4.69) is 32.7 Å². The highest BCUT2D eigenvalue weighted by Crippen LogP contribution is 2.66. The van der Waals surface area contributed by atoms with Crippen molar-refractivity contribution in [3.05, 3.63) is 12.2 Å². The van der Waals surface area contributed by atoms with Gasteiger partial charge in [0.15, 0.2) is 0 Å². The molecular formula is C20H31NO3. The van der Waals surface area contributed by atoms with Gasteiger partial charge in [0.1, 0.15) is 12.1 Å². The molecule has 2 atom stereocenters. The van der Waals surface area contributed by atoms with Crippen LogP contribution in [0.1, 0.15) is 59.8 Å². The van der Waals surface area contributed by atoms with Crippen molar-refractivity contribution in [2.24, 2.45) is 29.1 Å². The van der Waals surface area contributed by atoms with Gasteiger partial charge in [0.2, 0.25) is 5.91 Å². The van der Waals surface area contributed by atoms with Gasteiger partial charge in [-0.2, -0.15) is 0 Å². The van der Waals surface area contributed by atoms with Crippen LogP contribution >= 0.6 is 0 Å². The molecule has 0 heterocycles. The maximum Gasteiger partial charge on any atom is 0.325 e. The third-order valence-corrected chi connectivity index (χ3v) is 6.75. The van der Waals surface area contributed by atoms with Crippen molar-refractivity contribution in [1.29, 1.82) is 0 Å². The Labute approximate surface area is 145 Å². The van der Waals surface area contributed by atoms with Gasteiger partial charge < -0.3 is 10.1 Å². The minimum absolute atomic E-state index is 0.0691. The minimum Gasteiger partial charge on any atom is -0.457 e. The van der Waals surface area contributed by atoms with E-state index >= 15 is 0 Å². The molecule has 4 bridgehead atoms. The lowest BCUT2D eigenvalue weighted by Crippen LogP contribution is -2.64. The summed E-state index contributed by atoms with van der Waals surface area (Å²) >= 11 is 0. The van der Waals surface area contributed by atoms with Crippen LogP contribution in [0.2, 0.25) is 0 Å². The van der Waals surface area contributed by atoms with Crippen LogP contribution in [0, 0.1) is 29.1 Å². The highest BCUT2D eigenvalue weighted by molar-refractivity contribution is 5.94. The van der Waals surface area contributed by atoms with Gasteiger partial charge in [-0.25, -0.2) is 0 Å². The first kappa shape index (κ1) is 17.5. The monoisotopic (exact) mass is 333 g/mol. The molecule has 4 heteroatoms. The van der Waals surface area contributed by atoms with E-state index in [0.29, 0.717) is 28.7 Å². The molecule has 0 saturated heterocycles. The Bertz CT molecular complexity index is 549. The van der Waals surface area contributed by atoms with Crippen LogP contribution in [0.4, 0.5) is 0 Å². The fourth-order valence-corrected chi connectivity index (χ4v) is 6.16. The SMILES string of the molecule is C=C(C)C(=O)NCC(=O)OC1(C(C)C)C2CC3CC1CC(C)(C3)C2. The van der Waals surface area contributed by atoms with Gasteiger partial charge >= 0.3 is 5.97 Å². The molecule has 4 saturated carbocycles.